The summed E-state index contributed by atoms with van der Waals surface area (Å²) in [6.07, 6.45) is 11.3. The molecule has 2 aromatic carbocycles. The van der Waals surface area contributed by atoms with Crippen molar-refractivity contribution < 1.29 is 19.1 Å². The fourth-order valence-corrected chi connectivity index (χ4v) is 5.00. The van der Waals surface area contributed by atoms with E-state index in [1.165, 1.54) is 4.90 Å². The van der Waals surface area contributed by atoms with Crippen molar-refractivity contribution in [1.29, 1.82) is 0 Å². The lowest BCUT2D eigenvalue weighted by Gasteiger charge is -2.32. The minimum atomic E-state index is -0.289. The quantitative estimate of drug-likeness (QED) is 0.524. The van der Waals surface area contributed by atoms with E-state index in [1.807, 2.05) is 48.6 Å². The summed E-state index contributed by atoms with van der Waals surface area (Å²) < 4.78 is 5.37. The average Bonchev–Trinajstić information content (AvgIpc) is 3.04. The van der Waals surface area contributed by atoms with E-state index in [4.69, 9.17) is 4.74 Å². The van der Waals surface area contributed by atoms with Crippen LogP contribution >= 0.6 is 0 Å². The van der Waals surface area contributed by atoms with Crippen molar-refractivity contribution in [2.75, 3.05) is 13.7 Å². The number of carbonyl (C=O) groups is 3. The van der Waals surface area contributed by atoms with Crippen LogP contribution in [0.2, 0.25) is 0 Å². The molecule has 0 aromatic heterocycles. The van der Waals surface area contributed by atoms with Crippen LogP contribution < -0.4 is 0 Å². The van der Waals surface area contributed by atoms with Gasteiger partial charge in [0.05, 0.1) is 18.2 Å². The third-order valence-electron chi connectivity index (χ3n) is 6.96. The molecule has 0 spiro atoms. The molecule has 182 valence electrons. The van der Waals surface area contributed by atoms with E-state index in [0.29, 0.717) is 35.3 Å². The van der Waals surface area contributed by atoms with Gasteiger partial charge in [0.25, 0.3) is 17.7 Å². The Balaban J connectivity index is 1.50. The molecule has 2 aliphatic heterocycles. The number of benzene rings is 2. The van der Waals surface area contributed by atoms with Crippen molar-refractivity contribution >= 4 is 17.7 Å². The van der Waals surface area contributed by atoms with Gasteiger partial charge in [-0.05, 0) is 54.3 Å². The first kappa shape index (κ1) is 23.5. The molecule has 1 unspecified atom stereocenters. The van der Waals surface area contributed by atoms with E-state index in [2.05, 4.69) is 13.0 Å². The summed E-state index contributed by atoms with van der Waals surface area (Å²) in [4.78, 5) is 43.0. The number of imide groups is 1. The van der Waals surface area contributed by atoms with Crippen LogP contribution in [0.4, 0.5) is 0 Å². The molecule has 3 amide bonds. The van der Waals surface area contributed by atoms with Gasteiger partial charge in [-0.25, -0.2) is 0 Å². The predicted octanol–water partition coefficient (Wildman–Crippen LogP) is 5.58. The zero-order chi connectivity index (χ0) is 25.2. The Morgan fingerprint density at radius 1 is 0.889 bits per heavy atom. The number of amides is 3. The fraction of sp³-hybridized carbons (Fsp3) is 0.233. The number of methoxy groups -OCH3 is 1. The van der Waals surface area contributed by atoms with Crippen LogP contribution in [0.1, 0.15) is 68.7 Å². The van der Waals surface area contributed by atoms with Gasteiger partial charge in [0.1, 0.15) is 5.76 Å². The largest absolute Gasteiger partial charge is 0.497 e. The van der Waals surface area contributed by atoms with Crippen LogP contribution in [-0.4, -0.2) is 41.2 Å². The van der Waals surface area contributed by atoms with Crippen LogP contribution in [0, 0.1) is 0 Å². The number of ether oxygens (including phenoxy) is 1. The van der Waals surface area contributed by atoms with E-state index in [9.17, 15) is 14.4 Å². The van der Waals surface area contributed by atoms with Crippen molar-refractivity contribution in [1.82, 2.24) is 9.80 Å². The molecule has 0 radical (unpaired) electrons. The molecule has 5 rings (SSSR count). The monoisotopic (exact) mass is 480 g/mol. The first-order valence-electron chi connectivity index (χ1n) is 12.2. The summed E-state index contributed by atoms with van der Waals surface area (Å²) >= 11 is 0. The van der Waals surface area contributed by atoms with Crippen LogP contribution in [0.15, 0.2) is 96.1 Å². The molecule has 2 aromatic rings. The molecule has 0 bridgehead atoms. The van der Waals surface area contributed by atoms with Gasteiger partial charge in [0.15, 0.2) is 0 Å². The molecular weight excluding hydrogens is 452 g/mol. The fourth-order valence-electron chi connectivity index (χ4n) is 5.00. The van der Waals surface area contributed by atoms with Crippen molar-refractivity contribution in [3.8, 4) is 0 Å². The maximum absolute atomic E-state index is 14.0. The highest BCUT2D eigenvalue weighted by molar-refractivity contribution is 6.21. The van der Waals surface area contributed by atoms with Crippen LogP contribution in [0.3, 0.4) is 0 Å². The predicted molar refractivity (Wildman–Crippen MR) is 137 cm³/mol. The van der Waals surface area contributed by atoms with Crippen molar-refractivity contribution in [3.63, 3.8) is 0 Å². The standard InChI is InChI=1S/C30H28N2O4/c1-20-14-15-22(18-19-31-28(33)26-12-5-6-13-27(26)29(31)34)32(21-8-7-9-23(36-2)17-16-21)30(35)25-11-4-3-10-24(20)25/h3-7,9-13,15-17,20H,8,14,18-19H2,1-2H3. The van der Waals surface area contributed by atoms with E-state index in [1.54, 1.807) is 36.3 Å². The highest BCUT2D eigenvalue weighted by atomic mass is 16.5. The maximum atomic E-state index is 14.0. The van der Waals surface area contributed by atoms with Gasteiger partial charge >= 0.3 is 0 Å². The molecule has 1 atom stereocenters. The maximum Gasteiger partial charge on any atom is 0.262 e. The average molecular weight is 481 g/mol. The number of nitrogens with zero attached hydrogens (tertiary/aromatic N) is 2. The minimum Gasteiger partial charge on any atom is -0.497 e. The smallest absolute Gasteiger partial charge is 0.262 e. The number of rotatable bonds is 5. The Kier molecular flexibility index (Phi) is 6.42. The zero-order valence-corrected chi connectivity index (χ0v) is 20.4. The molecule has 0 N–H and O–H groups in total. The topological polar surface area (TPSA) is 66.9 Å². The second kappa shape index (κ2) is 9.82. The third kappa shape index (κ3) is 4.19. The van der Waals surface area contributed by atoms with Gasteiger partial charge in [-0.15, -0.1) is 0 Å². The van der Waals surface area contributed by atoms with Gasteiger partial charge in [-0.2, -0.15) is 0 Å². The molecule has 0 fully saturated rings. The summed E-state index contributed by atoms with van der Waals surface area (Å²) in [6, 6.07) is 14.6. The lowest BCUT2D eigenvalue weighted by atomic mass is 9.90. The highest BCUT2D eigenvalue weighted by Gasteiger charge is 2.36. The molecule has 0 saturated carbocycles. The van der Waals surface area contributed by atoms with E-state index >= 15 is 0 Å². The molecule has 3 aliphatic rings. The molecule has 2 heterocycles. The second-order valence-electron chi connectivity index (χ2n) is 9.16. The van der Waals surface area contributed by atoms with Crippen molar-refractivity contribution in [3.05, 3.63) is 118 Å². The molecule has 0 saturated heterocycles. The van der Waals surface area contributed by atoms with Gasteiger partial charge in [-0.3, -0.25) is 24.2 Å². The second-order valence-corrected chi connectivity index (χ2v) is 9.16. The summed E-state index contributed by atoms with van der Waals surface area (Å²) in [6.45, 7) is 2.31. The first-order chi connectivity index (χ1) is 17.5. The first-order valence-corrected chi connectivity index (χ1v) is 12.2. The normalized spacial score (nSPS) is 19.6. The highest BCUT2D eigenvalue weighted by Crippen LogP contribution is 2.34. The van der Waals surface area contributed by atoms with E-state index in [-0.39, 0.29) is 30.2 Å². The summed E-state index contributed by atoms with van der Waals surface area (Å²) in [5.41, 5.74) is 4.13. The summed E-state index contributed by atoms with van der Waals surface area (Å²) in [5.74, 6) is 0.171. The Bertz CT molecular complexity index is 1330. The number of fused-ring (bicyclic) bond motifs is 2. The Labute approximate surface area is 210 Å². The van der Waals surface area contributed by atoms with Crippen molar-refractivity contribution in [2.24, 2.45) is 0 Å². The Morgan fingerprint density at radius 2 is 1.56 bits per heavy atom. The zero-order valence-electron chi connectivity index (χ0n) is 20.4. The molecule has 1 aliphatic carbocycles. The number of allylic oxidation sites excluding steroid dienone is 5. The number of hydrogen-bond donors (Lipinski definition) is 0. The molecule has 6 nitrogen and oxygen atoms in total. The van der Waals surface area contributed by atoms with Crippen molar-refractivity contribution in [2.45, 2.75) is 32.1 Å². The van der Waals surface area contributed by atoms with Crippen LogP contribution in [-0.2, 0) is 4.74 Å². The van der Waals surface area contributed by atoms with Gasteiger partial charge < -0.3 is 4.74 Å². The molecule has 36 heavy (non-hydrogen) atoms. The minimum absolute atomic E-state index is 0.111. The lowest BCUT2D eigenvalue weighted by molar-refractivity contribution is 0.0653. The Hall–Kier alpha value is -4.19. The number of carbonyl (C=O) groups excluding carboxylic acids is 3. The van der Waals surface area contributed by atoms with E-state index < -0.39 is 0 Å². The van der Waals surface area contributed by atoms with Crippen LogP contribution in [0.25, 0.3) is 0 Å². The summed E-state index contributed by atoms with van der Waals surface area (Å²) in [5, 5.41) is 0. The lowest BCUT2D eigenvalue weighted by Crippen LogP contribution is -2.35. The summed E-state index contributed by atoms with van der Waals surface area (Å²) in [7, 11) is 1.61. The Morgan fingerprint density at radius 3 is 2.25 bits per heavy atom. The van der Waals surface area contributed by atoms with Crippen LogP contribution in [0.5, 0.6) is 0 Å². The van der Waals surface area contributed by atoms with Gasteiger partial charge in [-0.1, -0.05) is 49.4 Å². The molecular formula is C30H28N2O4. The number of hydrogen-bond acceptors (Lipinski definition) is 4. The third-order valence-corrected chi connectivity index (χ3v) is 6.96. The molecule has 6 heteroatoms. The van der Waals surface area contributed by atoms with Gasteiger partial charge in [0, 0.05) is 36.3 Å². The van der Waals surface area contributed by atoms with E-state index in [0.717, 1.165) is 23.4 Å². The SMILES string of the molecule is COC1=CC=C(N2C(=O)c3ccccc3C(C)CC=C2CCN2C(=O)c3ccccc3C2=O)CC=C1. The van der Waals surface area contributed by atoms with Gasteiger partial charge in [0.2, 0.25) is 0 Å².